The number of nitrogens with one attached hydrogen (secondary N) is 1. The van der Waals surface area contributed by atoms with Gasteiger partial charge in [-0.3, -0.25) is 20.3 Å². The van der Waals surface area contributed by atoms with Crippen LogP contribution in [0.15, 0.2) is 60.7 Å². The SMILES string of the molecule is CC(C)[NH2+]C(=CC(=N)c1cnc2ccn(Cc3ccccn3)c2c1)C1C2C(C)CC(N3CCOCC3)C12. The van der Waals surface area contributed by atoms with Gasteiger partial charge in [0.25, 0.3) is 0 Å². The first-order valence-corrected chi connectivity index (χ1v) is 13.8. The van der Waals surface area contributed by atoms with Crippen LogP contribution in [0.1, 0.15) is 38.4 Å². The summed E-state index contributed by atoms with van der Waals surface area (Å²) in [4.78, 5) is 11.9. The predicted octanol–water partition coefficient (Wildman–Crippen LogP) is 3.31. The Morgan fingerprint density at radius 2 is 2.03 bits per heavy atom. The monoisotopic (exact) mass is 499 g/mol. The van der Waals surface area contributed by atoms with E-state index in [1.54, 1.807) is 0 Å². The third kappa shape index (κ3) is 4.88. The van der Waals surface area contributed by atoms with E-state index < -0.39 is 0 Å². The average molecular weight is 500 g/mol. The molecular weight excluding hydrogens is 460 g/mol. The van der Waals surface area contributed by atoms with E-state index in [-0.39, 0.29) is 0 Å². The zero-order valence-corrected chi connectivity index (χ0v) is 22.2. The van der Waals surface area contributed by atoms with Gasteiger partial charge >= 0.3 is 0 Å². The predicted molar refractivity (Wildman–Crippen MR) is 145 cm³/mol. The van der Waals surface area contributed by atoms with Gasteiger partial charge < -0.3 is 14.6 Å². The molecule has 3 aromatic rings. The highest BCUT2D eigenvalue weighted by Crippen LogP contribution is 2.63. The molecule has 3 aliphatic rings. The Kier molecular flexibility index (Phi) is 6.69. The second-order valence-electron chi connectivity index (χ2n) is 11.5. The molecule has 5 atom stereocenters. The lowest BCUT2D eigenvalue weighted by Gasteiger charge is -2.34. The van der Waals surface area contributed by atoms with Crippen molar-refractivity contribution in [3.8, 4) is 0 Å². The normalized spacial score (nSPS) is 28.1. The van der Waals surface area contributed by atoms with Crippen LogP contribution in [0.3, 0.4) is 0 Å². The first-order chi connectivity index (χ1) is 18.0. The molecule has 0 aromatic carbocycles. The Balaban J connectivity index is 1.25. The van der Waals surface area contributed by atoms with Crippen molar-refractivity contribution in [2.75, 3.05) is 26.3 Å². The van der Waals surface area contributed by atoms with Gasteiger partial charge in [-0.25, -0.2) is 0 Å². The highest BCUT2D eigenvalue weighted by molar-refractivity contribution is 6.07. The zero-order chi connectivity index (χ0) is 25.5. The third-order valence-corrected chi connectivity index (χ3v) is 8.57. The second kappa shape index (κ2) is 10.1. The van der Waals surface area contributed by atoms with E-state index in [0.29, 0.717) is 36.2 Å². The van der Waals surface area contributed by atoms with Crippen molar-refractivity contribution >= 4 is 16.7 Å². The number of pyridine rings is 2. The summed E-state index contributed by atoms with van der Waals surface area (Å²) in [6, 6.07) is 11.3. The summed E-state index contributed by atoms with van der Waals surface area (Å²) in [5.74, 6) is 2.73. The molecule has 3 fully saturated rings. The summed E-state index contributed by atoms with van der Waals surface area (Å²) in [5, 5.41) is 11.5. The maximum Gasteiger partial charge on any atom is 0.112 e. The molecule has 2 aliphatic carbocycles. The molecule has 0 amide bonds. The minimum Gasteiger partial charge on any atom is -0.379 e. The summed E-state index contributed by atoms with van der Waals surface area (Å²) in [5.41, 5.74) is 5.77. The molecule has 0 radical (unpaired) electrons. The van der Waals surface area contributed by atoms with Crippen molar-refractivity contribution in [1.29, 1.82) is 5.41 Å². The van der Waals surface area contributed by atoms with Crippen molar-refractivity contribution in [1.82, 2.24) is 19.4 Å². The van der Waals surface area contributed by atoms with E-state index in [1.165, 1.54) is 12.1 Å². The van der Waals surface area contributed by atoms with Gasteiger partial charge in [0.05, 0.1) is 48.2 Å². The number of nitrogens with two attached hydrogens (primary N) is 1. The van der Waals surface area contributed by atoms with Crippen LogP contribution < -0.4 is 5.32 Å². The third-order valence-electron chi connectivity index (χ3n) is 8.57. The first-order valence-electron chi connectivity index (χ1n) is 13.8. The van der Waals surface area contributed by atoms with Gasteiger partial charge in [-0.1, -0.05) is 13.0 Å². The van der Waals surface area contributed by atoms with Gasteiger partial charge in [0.2, 0.25) is 0 Å². The van der Waals surface area contributed by atoms with Gasteiger partial charge in [-0.05, 0) is 62.3 Å². The number of ether oxygens (including phenoxy) is 1. The number of morpholine rings is 1. The highest BCUT2D eigenvalue weighted by atomic mass is 16.5. The lowest BCUT2D eigenvalue weighted by Crippen LogP contribution is -2.87. The van der Waals surface area contributed by atoms with Crippen LogP contribution >= 0.6 is 0 Å². The number of quaternary nitrogens is 1. The number of rotatable bonds is 8. The lowest BCUT2D eigenvalue weighted by atomic mass is 9.95. The van der Waals surface area contributed by atoms with E-state index in [4.69, 9.17) is 15.1 Å². The molecule has 0 bridgehead atoms. The Morgan fingerprint density at radius 3 is 2.78 bits per heavy atom. The van der Waals surface area contributed by atoms with Crippen molar-refractivity contribution in [3.63, 3.8) is 0 Å². The molecule has 2 saturated carbocycles. The van der Waals surface area contributed by atoms with Crippen LogP contribution in [0, 0.1) is 29.1 Å². The lowest BCUT2D eigenvalue weighted by molar-refractivity contribution is -0.640. The number of hydrogen-bond donors (Lipinski definition) is 2. The molecule has 7 nitrogen and oxygen atoms in total. The number of allylic oxidation sites excluding steroid dienone is 2. The number of nitrogens with zero attached hydrogens (tertiary/aromatic N) is 4. The Morgan fingerprint density at radius 1 is 1.19 bits per heavy atom. The van der Waals surface area contributed by atoms with Crippen LogP contribution in [-0.2, 0) is 11.3 Å². The van der Waals surface area contributed by atoms with E-state index in [0.717, 1.165) is 60.4 Å². The molecule has 194 valence electrons. The van der Waals surface area contributed by atoms with Crippen LogP contribution in [0.2, 0.25) is 0 Å². The van der Waals surface area contributed by atoms with Crippen LogP contribution in [0.25, 0.3) is 11.0 Å². The molecule has 1 aliphatic heterocycles. The van der Waals surface area contributed by atoms with E-state index in [9.17, 15) is 0 Å². The molecule has 0 spiro atoms. The molecular formula is C30H39N6O+. The van der Waals surface area contributed by atoms with E-state index >= 15 is 0 Å². The summed E-state index contributed by atoms with van der Waals surface area (Å²) >= 11 is 0. The second-order valence-corrected chi connectivity index (χ2v) is 11.5. The van der Waals surface area contributed by atoms with Crippen LogP contribution in [0.4, 0.5) is 0 Å². The fraction of sp³-hybridized carbons (Fsp3) is 0.500. The molecule has 37 heavy (non-hydrogen) atoms. The maximum atomic E-state index is 9.06. The number of aromatic nitrogens is 3. The minimum absolute atomic E-state index is 0.453. The molecule has 5 unspecified atom stereocenters. The topological polar surface area (TPSA) is 83.6 Å². The average Bonchev–Trinajstić information content (AvgIpc) is 3.38. The highest BCUT2D eigenvalue weighted by Gasteiger charge is 2.65. The van der Waals surface area contributed by atoms with E-state index in [1.807, 2.05) is 36.7 Å². The maximum absolute atomic E-state index is 9.06. The molecule has 4 heterocycles. The molecule has 3 aromatic heterocycles. The Hall–Kier alpha value is -2.87. The van der Waals surface area contributed by atoms with Gasteiger partial charge in [-0.2, -0.15) is 0 Å². The quantitative estimate of drug-likeness (QED) is 0.466. The first kappa shape index (κ1) is 24.5. The van der Waals surface area contributed by atoms with Crippen molar-refractivity contribution < 1.29 is 10.1 Å². The molecule has 1 saturated heterocycles. The smallest absolute Gasteiger partial charge is 0.112 e. The summed E-state index contributed by atoms with van der Waals surface area (Å²) in [7, 11) is 0. The van der Waals surface area contributed by atoms with Gasteiger partial charge in [0.1, 0.15) is 5.70 Å². The van der Waals surface area contributed by atoms with Gasteiger partial charge in [0, 0.05) is 55.3 Å². The number of hydrogen-bond acceptors (Lipinski definition) is 5. The fourth-order valence-corrected chi connectivity index (χ4v) is 6.93. The largest absolute Gasteiger partial charge is 0.379 e. The fourth-order valence-electron chi connectivity index (χ4n) is 6.93. The number of fused-ring (bicyclic) bond motifs is 2. The molecule has 7 heteroatoms. The van der Waals surface area contributed by atoms with Gasteiger partial charge in [0.15, 0.2) is 0 Å². The Bertz CT molecular complexity index is 1290. The van der Waals surface area contributed by atoms with Crippen molar-refractivity contribution in [3.05, 3.63) is 72.0 Å². The van der Waals surface area contributed by atoms with Crippen molar-refractivity contribution in [2.24, 2.45) is 23.7 Å². The summed E-state index contributed by atoms with van der Waals surface area (Å²) < 4.78 is 7.80. The molecule has 3 N–H and O–H groups in total. The van der Waals surface area contributed by atoms with Crippen molar-refractivity contribution in [2.45, 2.75) is 45.8 Å². The van der Waals surface area contributed by atoms with Crippen LogP contribution in [0.5, 0.6) is 0 Å². The standard InChI is InChI=1S/C30H38N6O/c1-19(2)34-25(29-28-20(3)14-27(30(28)29)35-10-12-37-13-11-35)16-23(31)21-15-26-24(33-17-21)7-9-36(26)18-22-6-4-5-8-32-22/h4-9,15-17,19-20,27-31,34H,10-14,18H2,1-3H3/p+1. The van der Waals surface area contributed by atoms with Crippen LogP contribution in [-0.4, -0.2) is 63.5 Å². The Labute approximate surface area is 219 Å². The summed E-state index contributed by atoms with van der Waals surface area (Å²) in [6.07, 6.45) is 9.18. The van der Waals surface area contributed by atoms with Gasteiger partial charge in [-0.15, -0.1) is 0 Å². The van der Waals surface area contributed by atoms with E-state index in [2.05, 4.69) is 58.9 Å². The zero-order valence-electron chi connectivity index (χ0n) is 22.2. The molecule has 6 rings (SSSR count). The summed E-state index contributed by atoms with van der Waals surface area (Å²) in [6.45, 7) is 11.4. The minimum atomic E-state index is 0.453.